The molecule has 0 fully saturated rings. The molecule has 1 heterocycles. The molecule has 0 atom stereocenters. The molecule has 0 saturated heterocycles. The molecule has 0 bridgehead atoms. The van der Waals surface area contributed by atoms with E-state index in [4.69, 9.17) is 5.11 Å². The van der Waals surface area contributed by atoms with Crippen LogP contribution in [0, 0.1) is 0 Å². The Kier molecular flexibility index (Phi) is 6.21. The number of carbonyl (C=O) groups excluding carboxylic acids is 1. The minimum atomic E-state index is -0.157. The van der Waals surface area contributed by atoms with Crippen LogP contribution in [0.5, 0.6) is 0 Å². The normalized spacial score (nSPS) is 10.6. The first kappa shape index (κ1) is 15.4. The van der Waals surface area contributed by atoms with Gasteiger partial charge in [-0.2, -0.15) is 0 Å². The Morgan fingerprint density at radius 3 is 2.79 bits per heavy atom. The summed E-state index contributed by atoms with van der Waals surface area (Å²) in [5.74, 6) is 0.440. The molecule has 1 aromatic heterocycles. The van der Waals surface area contributed by atoms with Gasteiger partial charge in [-0.3, -0.25) is 9.78 Å². The van der Waals surface area contributed by atoms with Gasteiger partial charge in [-0.05, 0) is 27.2 Å². The van der Waals surface area contributed by atoms with Crippen LogP contribution in [0.4, 0.5) is 5.82 Å². The van der Waals surface area contributed by atoms with Crippen LogP contribution in [-0.4, -0.2) is 51.6 Å². The molecule has 0 aromatic carbocycles. The summed E-state index contributed by atoms with van der Waals surface area (Å²) in [4.78, 5) is 22.3. The van der Waals surface area contributed by atoms with Gasteiger partial charge in [-0.25, -0.2) is 4.98 Å². The molecule has 0 aliphatic carbocycles. The first-order valence-electron chi connectivity index (χ1n) is 6.57. The molecule has 0 aliphatic rings. The highest BCUT2D eigenvalue weighted by atomic mass is 16.3. The largest absolute Gasteiger partial charge is 0.396 e. The van der Waals surface area contributed by atoms with Gasteiger partial charge in [0, 0.05) is 25.7 Å². The highest BCUT2D eigenvalue weighted by Crippen LogP contribution is 2.09. The number of amides is 1. The molecule has 0 spiro atoms. The fourth-order valence-corrected chi connectivity index (χ4v) is 1.72. The van der Waals surface area contributed by atoms with Crippen molar-refractivity contribution in [3.05, 3.63) is 18.1 Å². The molecule has 6 nitrogen and oxygen atoms in total. The number of nitrogens with one attached hydrogen (secondary N) is 1. The smallest absolute Gasteiger partial charge is 0.274 e. The molecule has 1 amide bonds. The summed E-state index contributed by atoms with van der Waals surface area (Å²) in [7, 11) is 0. The minimum absolute atomic E-state index is 0.0589. The van der Waals surface area contributed by atoms with Gasteiger partial charge in [-0.1, -0.05) is 0 Å². The SMILES string of the molecule is CCNc1cncc(C(=O)N(CCCO)C(C)C)n1. The Morgan fingerprint density at radius 2 is 2.21 bits per heavy atom. The van der Waals surface area contributed by atoms with Crippen LogP contribution in [0.1, 0.15) is 37.7 Å². The van der Waals surface area contributed by atoms with Crippen molar-refractivity contribution in [3.63, 3.8) is 0 Å². The topological polar surface area (TPSA) is 78.4 Å². The van der Waals surface area contributed by atoms with Crippen LogP contribution in [0.15, 0.2) is 12.4 Å². The number of hydrogen-bond acceptors (Lipinski definition) is 5. The van der Waals surface area contributed by atoms with Crippen LogP contribution in [0.3, 0.4) is 0 Å². The summed E-state index contributed by atoms with van der Waals surface area (Å²) in [5.41, 5.74) is 0.324. The van der Waals surface area contributed by atoms with Gasteiger partial charge in [-0.15, -0.1) is 0 Å². The van der Waals surface area contributed by atoms with Crippen molar-refractivity contribution < 1.29 is 9.90 Å². The van der Waals surface area contributed by atoms with Crippen LogP contribution in [0.2, 0.25) is 0 Å². The van der Waals surface area contributed by atoms with E-state index in [2.05, 4.69) is 15.3 Å². The maximum atomic E-state index is 12.4. The standard InChI is InChI=1S/C13H22N4O2/c1-4-15-12-9-14-8-11(16-12)13(19)17(10(2)3)6-5-7-18/h8-10,18H,4-7H2,1-3H3,(H,15,16). The van der Waals surface area contributed by atoms with Crippen molar-refractivity contribution in [2.75, 3.05) is 25.0 Å². The molecule has 19 heavy (non-hydrogen) atoms. The third kappa shape index (κ3) is 4.48. The molecule has 1 aromatic rings. The summed E-state index contributed by atoms with van der Waals surface area (Å²) >= 11 is 0. The number of hydrogen-bond donors (Lipinski definition) is 2. The highest BCUT2D eigenvalue weighted by molar-refractivity contribution is 5.92. The predicted molar refractivity (Wildman–Crippen MR) is 74.1 cm³/mol. The monoisotopic (exact) mass is 266 g/mol. The number of aliphatic hydroxyl groups excluding tert-OH is 1. The quantitative estimate of drug-likeness (QED) is 0.774. The van der Waals surface area contributed by atoms with Gasteiger partial charge < -0.3 is 15.3 Å². The lowest BCUT2D eigenvalue weighted by Crippen LogP contribution is -2.38. The zero-order chi connectivity index (χ0) is 14.3. The Hall–Kier alpha value is -1.69. The Labute approximate surface area is 113 Å². The van der Waals surface area contributed by atoms with Crippen LogP contribution in [-0.2, 0) is 0 Å². The lowest BCUT2D eigenvalue weighted by atomic mass is 10.2. The molecular weight excluding hydrogens is 244 g/mol. The molecule has 0 aliphatic heterocycles. The van der Waals surface area contributed by atoms with Crippen molar-refractivity contribution in [2.24, 2.45) is 0 Å². The zero-order valence-corrected chi connectivity index (χ0v) is 11.8. The van der Waals surface area contributed by atoms with Crippen molar-refractivity contribution in [2.45, 2.75) is 33.2 Å². The number of carbonyl (C=O) groups is 1. The van der Waals surface area contributed by atoms with E-state index < -0.39 is 0 Å². The van der Waals surface area contributed by atoms with Crippen molar-refractivity contribution in [1.29, 1.82) is 0 Å². The Bertz CT molecular complexity index is 409. The van der Waals surface area contributed by atoms with Crippen LogP contribution in [0.25, 0.3) is 0 Å². The van der Waals surface area contributed by atoms with E-state index in [0.29, 0.717) is 24.5 Å². The number of aromatic nitrogens is 2. The van der Waals surface area contributed by atoms with Gasteiger partial charge in [0.1, 0.15) is 11.5 Å². The summed E-state index contributed by atoms with van der Waals surface area (Å²) in [6.07, 6.45) is 3.62. The second-order valence-corrected chi connectivity index (χ2v) is 4.49. The first-order chi connectivity index (χ1) is 9.10. The van der Waals surface area contributed by atoms with Gasteiger partial charge >= 0.3 is 0 Å². The molecule has 6 heteroatoms. The molecule has 0 radical (unpaired) electrons. The number of rotatable bonds is 7. The van der Waals surface area contributed by atoms with E-state index in [-0.39, 0.29) is 18.6 Å². The molecular formula is C13H22N4O2. The third-order valence-corrected chi connectivity index (χ3v) is 2.65. The maximum Gasteiger partial charge on any atom is 0.274 e. The Morgan fingerprint density at radius 1 is 1.47 bits per heavy atom. The van der Waals surface area contributed by atoms with Crippen LogP contribution >= 0.6 is 0 Å². The van der Waals surface area contributed by atoms with Gasteiger partial charge in [0.2, 0.25) is 0 Å². The first-order valence-corrected chi connectivity index (χ1v) is 6.57. The lowest BCUT2D eigenvalue weighted by molar-refractivity contribution is 0.0686. The van der Waals surface area contributed by atoms with Gasteiger partial charge in [0.15, 0.2) is 0 Å². The molecule has 2 N–H and O–H groups in total. The third-order valence-electron chi connectivity index (χ3n) is 2.65. The van der Waals surface area contributed by atoms with Crippen LogP contribution < -0.4 is 5.32 Å². The lowest BCUT2D eigenvalue weighted by Gasteiger charge is -2.26. The van der Waals surface area contributed by atoms with E-state index in [1.165, 1.54) is 6.20 Å². The summed E-state index contributed by atoms with van der Waals surface area (Å²) < 4.78 is 0. The summed E-state index contributed by atoms with van der Waals surface area (Å²) in [6.45, 7) is 7.15. The molecule has 1 rings (SSSR count). The van der Waals surface area contributed by atoms with Gasteiger partial charge in [0.05, 0.1) is 12.4 Å². The molecule has 0 unspecified atom stereocenters. The fourth-order valence-electron chi connectivity index (χ4n) is 1.72. The summed E-state index contributed by atoms with van der Waals surface area (Å²) in [5, 5.41) is 11.9. The Balaban J connectivity index is 2.86. The average Bonchev–Trinajstić information content (AvgIpc) is 2.39. The highest BCUT2D eigenvalue weighted by Gasteiger charge is 2.20. The maximum absolute atomic E-state index is 12.4. The van der Waals surface area contributed by atoms with E-state index >= 15 is 0 Å². The fraction of sp³-hybridized carbons (Fsp3) is 0.615. The van der Waals surface area contributed by atoms with Crippen molar-refractivity contribution in [3.8, 4) is 0 Å². The van der Waals surface area contributed by atoms with Gasteiger partial charge in [0.25, 0.3) is 5.91 Å². The average molecular weight is 266 g/mol. The van der Waals surface area contributed by atoms with E-state index in [9.17, 15) is 4.79 Å². The van der Waals surface area contributed by atoms with E-state index in [1.807, 2.05) is 20.8 Å². The summed E-state index contributed by atoms with van der Waals surface area (Å²) in [6, 6.07) is 0.0589. The number of anilines is 1. The second kappa shape index (κ2) is 7.68. The molecule has 0 saturated carbocycles. The van der Waals surface area contributed by atoms with Crippen molar-refractivity contribution in [1.82, 2.24) is 14.9 Å². The predicted octanol–water partition coefficient (Wildman–Crippen LogP) is 1.14. The van der Waals surface area contributed by atoms with E-state index in [1.54, 1.807) is 11.1 Å². The van der Waals surface area contributed by atoms with E-state index in [0.717, 1.165) is 6.54 Å². The zero-order valence-electron chi connectivity index (χ0n) is 11.8. The second-order valence-electron chi connectivity index (χ2n) is 4.49. The number of aliphatic hydroxyl groups is 1. The molecule has 106 valence electrons. The van der Waals surface area contributed by atoms with Crippen molar-refractivity contribution >= 4 is 11.7 Å². The minimum Gasteiger partial charge on any atom is -0.396 e. The number of nitrogens with zero attached hydrogens (tertiary/aromatic N) is 3.